The second kappa shape index (κ2) is 9.57. The lowest BCUT2D eigenvalue weighted by Gasteiger charge is -2.34. The molecule has 2 aromatic rings. The SMILES string of the molecule is O=C(C[NH+]1CCN(c2cccc[nH+]2)CC1)N1CC[NH+](Cc2ccc(Cl)cc2)CC1. The minimum atomic E-state index is 0.310. The summed E-state index contributed by atoms with van der Waals surface area (Å²) >= 11 is 5.97. The third-order valence-corrected chi connectivity index (χ3v) is 6.35. The van der Waals surface area contributed by atoms with Gasteiger partial charge in [-0.3, -0.25) is 9.69 Å². The Morgan fingerprint density at radius 2 is 1.62 bits per heavy atom. The average molecular weight is 417 g/mol. The van der Waals surface area contributed by atoms with Crippen LogP contribution in [-0.4, -0.2) is 69.7 Å². The summed E-state index contributed by atoms with van der Waals surface area (Å²) in [6.45, 7) is 9.38. The third-order valence-electron chi connectivity index (χ3n) is 6.10. The van der Waals surface area contributed by atoms with Gasteiger partial charge in [0.1, 0.15) is 32.7 Å². The second-order valence-corrected chi connectivity index (χ2v) is 8.53. The van der Waals surface area contributed by atoms with E-state index in [0.717, 1.165) is 69.7 Å². The first-order chi connectivity index (χ1) is 14.2. The summed E-state index contributed by atoms with van der Waals surface area (Å²) in [6, 6.07) is 14.3. The third kappa shape index (κ3) is 5.47. The van der Waals surface area contributed by atoms with E-state index in [-0.39, 0.29) is 0 Å². The van der Waals surface area contributed by atoms with Gasteiger partial charge in [-0.2, -0.15) is 0 Å². The Balaban J connectivity index is 1.19. The van der Waals surface area contributed by atoms with Gasteiger partial charge in [-0.25, -0.2) is 4.98 Å². The zero-order valence-corrected chi connectivity index (χ0v) is 17.6. The number of carbonyl (C=O) groups is 1. The molecular weight excluding hydrogens is 386 g/mol. The van der Waals surface area contributed by atoms with Crippen molar-refractivity contribution in [3.63, 3.8) is 0 Å². The van der Waals surface area contributed by atoms with Crippen LogP contribution < -0.4 is 19.7 Å². The molecule has 154 valence electrons. The number of benzene rings is 1. The van der Waals surface area contributed by atoms with Crippen LogP contribution in [0.1, 0.15) is 5.56 Å². The molecule has 0 aliphatic carbocycles. The van der Waals surface area contributed by atoms with Crippen molar-refractivity contribution in [1.82, 2.24) is 4.90 Å². The number of H-pyrrole nitrogens is 1. The lowest BCUT2D eigenvalue weighted by atomic mass is 10.2. The molecule has 0 radical (unpaired) electrons. The van der Waals surface area contributed by atoms with E-state index >= 15 is 0 Å². The lowest BCUT2D eigenvalue weighted by Crippen LogP contribution is -3.16. The molecular formula is C22H31ClN5O+3. The number of aromatic nitrogens is 1. The molecule has 0 spiro atoms. The van der Waals surface area contributed by atoms with Gasteiger partial charge in [0.25, 0.3) is 11.7 Å². The number of hydrogen-bond donors (Lipinski definition) is 2. The van der Waals surface area contributed by atoms with Gasteiger partial charge < -0.3 is 14.7 Å². The maximum atomic E-state index is 12.8. The number of halogens is 1. The second-order valence-electron chi connectivity index (χ2n) is 8.10. The van der Waals surface area contributed by atoms with Crippen LogP contribution in [0.3, 0.4) is 0 Å². The number of aromatic amines is 1. The number of quaternary nitrogens is 2. The maximum absolute atomic E-state index is 12.8. The minimum Gasteiger partial charge on any atom is -0.328 e. The molecule has 1 amide bonds. The lowest BCUT2D eigenvalue weighted by molar-refractivity contribution is -0.918. The molecule has 3 N–H and O–H groups in total. The Bertz CT molecular complexity index is 785. The zero-order valence-electron chi connectivity index (χ0n) is 16.9. The summed E-state index contributed by atoms with van der Waals surface area (Å²) in [5.41, 5.74) is 1.31. The highest BCUT2D eigenvalue weighted by Crippen LogP contribution is 2.08. The highest BCUT2D eigenvalue weighted by atomic mass is 35.5. The van der Waals surface area contributed by atoms with Gasteiger partial charge >= 0.3 is 0 Å². The molecule has 2 fully saturated rings. The van der Waals surface area contributed by atoms with Crippen molar-refractivity contribution in [1.29, 1.82) is 0 Å². The number of nitrogens with zero attached hydrogens (tertiary/aromatic N) is 2. The fourth-order valence-corrected chi connectivity index (χ4v) is 4.41. The topological polar surface area (TPSA) is 46.6 Å². The predicted octanol–water partition coefficient (Wildman–Crippen LogP) is -1.21. The van der Waals surface area contributed by atoms with Crippen LogP contribution in [-0.2, 0) is 11.3 Å². The van der Waals surface area contributed by atoms with Crippen molar-refractivity contribution in [2.45, 2.75) is 6.54 Å². The monoisotopic (exact) mass is 416 g/mol. The van der Waals surface area contributed by atoms with Gasteiger partial charge in [0, 0.05) is 16.7 Å². The highest BCUT2D eigenvalue weighted by molar-refractivity contribution is 6.30. The molecule has 0 bridgehead atoms. The normalized spacial score (nSPS) is 18.8. The van der Waals surface area contributed by atoms with E-state index in [0.29, 0.717) is 12.5 Å². The van der Waals surface area contributed by atoms with Crippen LogP contribution in [0.5, 0.6) is 0 Å². The van der Waals surface area contributed by atoms with Gasteiger partial charge in [-0.1, -0.05) is 29.8 Å². The van der Waals surface area contributed by atoms with E-state index in [4.69, 9.17) is 11.6 Å². The van der Waals surface area contributed by atoms with E-state index < -0.39 is 0 Å². The Kier molecular flexibility index (Phi) is 6.64. The van der Waals surface area contributed by atoms with E-state index in [1.807, 2.05) is 24.4 Å². The van der Waals surface area contributed by atoms with Crippen LogP contribution in [0.15, 0.2) is 48.7 Å². The molecule has 0 unspecified atom stereocenters. The molecule has 2 aliphatic heterocycles. The molecule has 4 rings (SSSR count). The maximum Gasteiger partial charge on any atom is 0.278 e. The van der Waals surface area contributed by atoms with Crippen LogP contribution >= 0.6 is 11.6 Å². The summed E-state index contributed by atoms with van der Waals surface area (Å²) in [4.78, 5) is 23.5. The molecule has 1 aromatic heterocycles. The summed E-state index contributed by atoms with van der Waals surface area (Å²) < 4.78 is 0. The number of rotatable bonds is 5. The standard InChI is InChI=1S/C22H28ClN5O/c23-20-6-4-19(5-7-20)17-25-11-15-28(16-12-25)22(29)18-26-9-13-27(14-10-26)21-3-1-2-8-24-21/h1-8H,9-18H2/p+3. The van der Waals surface area contributed by atoms with Crippen LogP contribution in [0.25, 0.3) is 0 Å². The summed E-state index contributed by atoms with van der Waals surface area (Å²) in [6.07, 6.45) is 1.96. The van der Waals surface area contributed by atoms with Gasteiger partial charge in [-0.15, -0.1) is 0 Å². The summed E-state index contributed by atoms with van der Waals surface area (Å²) in [5, 5.41) is 0.782. The number of amides is 1. The first-order valence-electron chi connectivity index (χ1n) is 10.6. The van der Waals surface area contributed by atoms with Crippen LogP contribution in [0, 0.1) is 0 Å². The first-order valence-corrected chi connectivity index (χ1v) is 11.0. The van der Waals surface area contributed by atoms with E-state index in [2.05, 4.69) is 39.0 Å². The zero-order chi connectivity index (χ0) is 20.1. The van der Waals surface area contributed by atoms with Crippen molar-refractivity contribution < 1.29 is 19.6 Å². The summed E-state index contributed by atoms with van der Waals surface area (Å²) in [7, 11) is 0. The van der Waals surface area contributed by atoms with Crippen molar-refractivity contribution in [3.05, 3.63) is 59.2 Å². The molecule has 3 heterocycles. The smallest absolute Gasteiger partial charge is 0.278 e. The molecule has 2 saturated heterocycles. The van der Waals surface area contributed by atoms with E-state index in [1.165, 1.54) is 15.4 Å². The quantitative estimate of drug-likeness (QED) is 0.642. The molecule has 6 nitrogen and oxygen atoms in total. The van der Waals surface area contributed by atoms with Crippen molar-refractivity contribution in [2.75, 3.05) is 63.8 Å². The molecule has 1 aromatic carbocycles. The van der Waals surface area contributed by atoms with Crippen LogP contribution in [0.4, 0.5) is 5.82 Å². The van der Waals surface area contributed by atoms with E-state index in [9.17, 15) is 4.79 Å². The molecule has 29 heavy (non-hydrogen) atoms. The van der Waals surface area contributed by atoms with Gasteiger partial charge in [0.2, 0.25) is 0 Å². The molecule has 7 heteroatoms. The van der Waals surface area contributed by atoms with Crippen LogP contribution in [0.2, 0.25) is 5.02 Å². The van der Waals surface area contributed by atoms with Gasteiger partial charge in [-0.05, 0) is 18.2 Å². The largest absolute Gasteiger partial charge is 0.328 e. The van der Waals surface area contributed by atoms with E-state index in [1.54, 1.807) is 0 Å². The van der Waals surface area contributed by atoms with Gasteiger partial charge in [0.15, 0.2) is 6.54 Å². The highest BCUT2D eigenvalue weighted by Gasteiger charge is 2.30. The number of hydrogen-bond acceptors (Lipinski definition) is 2. The number of piperazine rings is 2. The Morgan fingerprint density at radius 3 is 2.28 bits per heavy atom. The Hall–Kier alpha value is -2.15. The number of nitrogens with one attached hydrogen (secondary N) is 3. The van der Waals surface area contributed by atoms with Crippen molar-refractivity contribution in [2.24, 2.45) is 0 Å². The minimum absolute atomic E-state index is 0.310. The molecule has 2 aliphatic rings. The number of carbonyl (C=O) groups excluding carboxylic acids is 1. The number of anilines is 1. The molecule has 0 saturated carbocycles. The van der Waals surface area contributed by atoms with Gasteiger partial charge in [0.05, 0.1) is 32.4 Å². The Labute approximate surface area is 177 Å². The predicted molar refractivity (Wildman–Crippen MR) is 113 cm³/mol. The number of pyridine rings is 1. The Morgan fingerprint density at radius 1 is 0.931 bits per heavy atom. The fourth-order valence-electron chi connectivity index (χ4n) is 4.29. The average Bonchev–Trinajstić information content (AvgIpc) is 2.77. The molecule has 0 atom stereocenters. The van der Waals surface area contributed by atoms with Crippen molar-refractivity contribution in [3.8, 4) is 0 Å². The van der Waals surface area contributed by atoms with Crippen molar-refractivity contribution >= 4 is 23.3 Å². The summed E-state index contributed by atoms with van der Waals surface area (Å²) in [5.74, 6) is 1.47. The fraction of sp³-hybridized carbons (Fsp3) is 0.455. The first kappa shape index (κ1) is 20.1.